The van der Waals surface area contributed by atoms with E-state index >= 15 is 0 Å². The van der Waals surface area contributed by atoms with Crippen molar-refractivity contribution >= 4 is 0 Å². The first-order valence-corrected chi connectivity index (χ1v) is 4.53. The van der Waals surface area contributed by atoms with Gasteiger partial charge in [-0.15, -0.1) is 0 Å². The first-order chi connectivity index (χ1) is 4.86. The zero-order valence-electron chi connectivity index (χ0n) is 6.72. The Morgan fingerprint density at radius 2 is 2.20 bits per heavy atom. The van der Waals surface area contributed by atoms with E-state index in [2.05, 4.69) is 19.1 Å². The molecule has 0 bridgehead atoms. The van der Waals surface area contributed by atoms with Crippen molar-refractivity contribution in [3.05, 3.63) is 12.2 Å². The third-order valence-electron chi connectivity index (χ3n) is 3.07. The van der Waals surface area contributed by atoms with Crippen LogP contribution in [-0.2, 0) is 0 Å². The van der Waals surface area contributed by atoms with Crippen molar-refractivity contribution in [3.63, 3.8) is 0 Å². The average Bonchev–Trinajstić information content (AvgIpc) is 2.27. The largest absolute Gasteiger partial charge is 0.0882 e. The summed E-state index contributed by atoms with van der Waals surface area (Å²) in [5.41, 5.74) is 0. The van der Waals surface area contributed by atoms with Gasteiger partial charge in [0, 0.05) is 0 Å². The van der Waals surface area contributed by atoms with Crippen LogP contribution in [0.5, 0.6) is 0 Å². The van der Waals surface area contributed by atoms with Gasteiger partial charge in [-0.25, -0.2) is 0 Å². The Kier molecular flexibility index (Phi) is 1.55. The highest BCUT2D eigenvalue weighted by Crippen LogP contribution is 2.41. The summed E-state index contributed by atoms with van der Waals surface area (Å²) in [7, 11) is 0. The van der Waals surface area contributed by atoms with E-state index in [9.17, 15) is 0 Å². The second kappa shape index (κ2) is 2.41. The summed E-state index contributed by atoms with van der Waals surface area (Å²) in [6.07, 6.45) is 10.6. The van der Waals surface area contributed by atoms with Gasteiger partial charge in [-0.2, -0.15) is 0 Å². The fraction of sp³-hybridized carbons (Fsp3) is 0.800. The molecule has 0 N–H and O–H groups in total. The van der Waals surface area contributed by atoms with Crippen molar-refractivity contribution in [2.45, 2.75) is 32.6 Å². The summed E-state index contributed by atoms with van der Waals surface area (Å²) in [5.74, 6) is 3.02. The molecule has 3 atom stereocenters. The summed E-state index contributed by atoms with van der Waals surface area (Å²) in [6, 6.07) is 0. The Bertz CT molecular complexity index is 146. The van der Waals surface area contributed by atoms with Gasteiger partial charge in [-0.05, 0) is 43.4 Å². The maximum atomic E-state index is 2.46. The molecule has 0 spiro atoms. The molecular formula is C10H16. The van der Waals surface area contributed by atoms with Gasteiger partial charge < -0.3 is 0 Å². The molecule has 0 aromatic carbocycles. The predicted octanol–water partition coefficient (Wildman–Crippen LogP) is 3.00. The molecule has 3 unspecified atom stereocenters. The molecule has 0 saturated heterocycles. The zero-order valence-corrected chi connectivity index (χ0v) is 6.72. The van der Waals surface area contributed by atoms with E-state index < -0.39 is 0 Å². The number of hydrogen-bond donors (Lipinski definition) is 0. The molecule has 2 rings (SSSR count). The van der Waals surface area contributed by atoms with Crippen LogP contribution in [0.15, 0.2) is 12.2 Å². The van der Waals surface area contributed by atoms with Crippen LogP contribution >= 0.6 is 0 Å². The Hall–Kier alpha value is -0.260. The fourth-order valence-electron chi connectivity index (χ4n) is 2.59. The molecule has 0 aromatic heterocycles. The lowest BCUT2D eigenvalue weighted by atomic mass is 9.87. The SMILES string of the molecule is CC1CC2C=CCCC2C1. The Balaban J connectivity index is 2.08. The molecule has 0 aromatic rings. The highest BCUT2D eigenvalue weighted by Gasteiger charge is 2.30. The van der Waals surface area contributed by atoms with E-state index in [1.165, 1.54) is 25.7 Å². The van der Waals surface area contributed by atoms with Gasteiger partial charge in [-0.3, -0.25) is 0 Å². The first-order valence-electron chi connectivity index (χ1n) is 4.53. The molecule has 0 aliphatic heterocycles. The van der Waals surface area contributed by atoms with Crippen LogP contribution in [0.1, 0.15) is 32.6 Å². The quantitative estimate of drug-likeness (QED) is 0.449. The Morgan fingerprint density at radius 1 is 1.30 bits per heavy atom. The molecular weight excluding hydrogens is 120 g/mol. The van der Waals surface area contributed by atoms with E-state index in [-0.39, 0.29) is 0 Å². The molecule has 56 valence electrons. The lowest BCUT2D eigenvalue weighted by molar-refractivity contribution is 0.409. The standard InChI is InChI=1S/C10H16/c1-8-6-9-4-2-3-5-10(9)7-8/h2,4,8-10H,3,5-7H2,1H3. The van der Waals surface area contributed by atoms with E-state index in [0.717, 1.165) is 17.8 Å². The van der Waals surface area contributed by atoms with Crippen molar-refractivity contribution < 1.29 is 0 Å². The van der Waals surface area contributed by atoms with Crippen LogP contribution in [-0.4, -0.2) is 0 Å². The summed E-state index contributed by atoms with van der Waals surface area (Å²) >= 11 is 0. The first kappa shape index (κ1) is 6.45. The molecule has 1 fully saturated rings. The van der Waals surface area contributed by atoms with Crippen LogP contribution in [0.2, 0.25) is 0 Å². The van der Waals surface area contributed by atoms with Crippen molar-refractivity contribution in [1.82, 2.24) is 0 Å². The van der Waals surface area contributed by atoms with Crippen molar-refractivity contribution in [2.24, 2.45) is 17.8 Å². The lowest BCUT2D eigenvalue weighted by Gasteiger charge is -2.18. The summed E-state index contributed by atoms with van der Waals surface area (Å²) in [5, 5.41) is 0. The molecule has 1 saturated carbocycles. The predicted molar refractivity (Wildman–Crippen MR) is 43.8 cm³/mol. The minimum Gasteiger partial charge on any atom is -0.0882 e. The van der Waals surface area contributed by atoms with Gasteiger partial charge in [0.05, 0.1) is 0 Å². The molecule has 2 aliphatic carbocycles. The molecule has 0 amide bonds. The molecule has 0 heterocycles. The molecule has 0 nitrogen and oxygen atoms in total. The van der Waals surface area contributed by atoms with Gasteiger partial charge in [-0.1, -0.05) is 19.1 Å². The second-order valence-electron chi connectivity index (χ2n) is 4.01. The smallest absolute Gasteiger partial charge is 0.0202 e. The van der Waals surface area contributed by atoms with E-state index in [4.69, 9.17) is 0 Å². The zero-order chi connectivity index (χ0) is 6.97. The van der Waals surface area contributed by atoms with E-state index in [0.29, 0.717) is 0 Å². The van der Waals surface area contributed by atoms with Crippen LogP contribution < -0.4 is 0 Å². The third-order valence-corrected chi connectivity index (χ3v) is 3.07. The van der Waals surface area contributed by atoms with Crippen molar-refractivity contribution in [1.29, 1.82) is 0 Å². The van der Waals surface area contributed by atoms with Crippen LogP contribution in [0, 0.1) is 17.8 Å². The summed E-state index contributed by atoms with van der Waals surface area (Å²) < 4.78 is 0. The van der Waals surface area contributed by atoms with Gasteiger partial charge in [0.25, 0.3) is 0 Å². The minimum absolute atomic E-state index is 0.962. The van der Waals surface area contributed by atoms with Gasteiger partial charge in [0.15, 0.2) is 0 Å². The number of fused-ring (bicyclic) bond motifs is 1. The van der Waals surface area contributed by atoms with Crippen molar-refractivity contribution in [3.8, 4) is 0 Å². The van der Waals surface area contributed by atoms with E-state index in [1.54, 1.807) is 0 Å². The summed E-state index contributed by atoms with van der Waals surface area (Å²) in [6.45, 7) is 2.40. The Labute approximate surface area is 63.3 Å². The number of allylic oxidation sites excluding steroid dienone is 2. The minimum atomic E-state index is 0.962. The highest BCUT2D eigenvalue weighted by molar-refractivity contribution is 5.00. The topological polar surface area (TPSA) is 0 Å². The van der Waals surface area contributed by atoms with Gasteiger partial charge in [0.2, 0.25) is 0 Å². The maximum Gasteiger partial charge on any atom is -0.0202 e. The maximum absolute atomic E-state index is 2.46. The molecule has 0 heteroatoms. The van der Waals surface area contributed by atoms with Crippen LogP contribution in [0.25, 0.3) is 0 Å². The normalized spacial score (nSPS) is 45.5. The average molecular weight is 136 g/mol. The van der Waals surface area contributed by atoms with Crippen LogP contribution in [0.4, 0.5) is 0 Å². The monoisotopic (exact) mass is 136 g/mol. The fourth-order valence-corrected chi connectivity index (χ4v) is 2.59. The lowest BCUT2D eigenvalue weighted by Crippen LogP contribution is -2.07. The number of hydrogen-bond acceptors (Lipinski definition) is 0. The molecule has 2 aliphatic rings. The van der Waals surface area contributed by atoms with E-state index in [1.807, 2.05) is 0 Å². The molecule has 10 heavy (non-hydrogen) atoms. The van der Waals surface area contributed by atoms with Gasteiger partial charge in [0.1, 0.15) is 0 Å². The number of rotatable bonds is 0. The van der Waals surface area contributed by atoms with Gasteiger partial charge >= 0.3 is 0 Å². The highest BCUT2D eigenvalue weighted by atomic mass is 14.4. The summed E-state index contributed by atoms with van der Waals surface area (Å²) in [4.78, 5) is 0. The second-order valence-corrected chi connectivity index (χ2v) is 4.01. The Morgan fingerprint density at radius 3 is 3.00 bits per heavy atom. The van der Waals surface area contributed by atoms with Crippen molar-refractivity contribution in [2.75, 3.05) is 0 Å². The molecule has 0 radical (unpaired) electrons. The third kappa shape index (κ3) is 1.00. The van der Waals surface area contributed by atoms with Crippen LogP contribution in [0.3, 0.4) is 0 Å².